The SMILES string of the molecule is CC=Cc1ccc(OC(C)CNCCC(C)C)c(OC)c1. The largest absolute Gasteiger partial charge is 0.493 e. The van der Waals surface area contributed by atoms with E-state index in [0.29, 0.717) is 0 Å². The van der Waals surface area contributed by atoms with Crippen molar-refractivity contribution < 1.29 is 9.47 Å². The van der Waals surface area contributed by atoms with E-state index in [1.165, 1.54) is 6.42 Å². The van der Waals surface area contributed by atoms with E-state index in [-0.39, 0.29) is 6.10 Å². The highest BCUT2D eigenvalue weighted by Crippen LogP contribution is 2.29. The van der Waals surface area contributed by atoms with Gasteiger partial charge in [-0.1, -0.05) is 32.1 Å². The van der Waals surface area contributed by atoms with Crippen LogP contribution in [0.1, 0.15) is 39.7 Å². The van der Waals surface area contributed by atoms with Crippen LogP contribution in [-0.4, -0.2) is 26.3 Å². The van der Waals surface area contributed by atoms with Crippen LogP contribution in [0.15, 0.2) is 24.3 Å². The Bertz CT molecular complexity index is 441. The van der Waals surface area contributed by atoms with Gasteiger partial charge < -0.3 is 14.8 Å². The highest BCUT2D eigenvalue weighted by Gasteiger charge is 2.09. The number of rotatable bonds is 9. The van der Waals surface area contributed by atoms with E-state index in [9.17, 15) is 0 Å². The fourth-order valence-corrected chi connectivity index (χ4v) is 2.03. The van der Waals surface area contributed by atoms with Crippen LogP contribution in [0.25, 0.3) is 6.08 Å². The number of hydrogen-bond donors (Lipinski definition) is 1. The molecular formula is C18H29NO2. The highest BCUT2D eigenvalue weighted by molar-refractivity contribution is 5.55. The maximum absolute atomic E-state index is 5.96. The van der Waals surface area contributed by atoms with Crippen LogP contribution < -0.4 is 14.8 Å². The Balaban J connectivity index is 2.53. The lowest BCUT2D eigenvalue weighted by Crippen LogP contribution is -2.30. The van der Waals surface area contributed by atoms with E-state index in [4.69, 9.17) is 9.47 Å². The quantitative estimate of drug-likeness (QED) is 0.694. The molecule has 1 rings (SSSR count). The molecule has 0 amide bonds. The summed E-state index contributed by atoms with van der Waals surface area (Å²) < 4.78 is 11.4. The monoisotopic (exact) mass is 291 g/mol. The molecule has 3 heteroatoms. The first-order valence-electron chi connectivity index (χ1n) is 7.75. The topological polar surface area (TPSA) is 30.5 Å². The highest BCUT2D eigenvalue weighted by atomic mass is 16.5. The minimum absolute atomic E-state index is 0.110. The van der Waals surface area contributed by atoms with Crippen molar-refractivity contribution in [2.45, 2.75) is 40.2 Å². The van der Waals surface area contributed by atoms with E-state index in [1.807, 2.05) is 37.3 Å². The zero-order chi connectivity index (χ0) is 15.7. The summed E-state index contributed by atoms with van der Waals surface area (Å²) in [5.74, 6) is 2.30. The molecule has 0 aliphatic carbocycles. The lowest BCUT2D eigenvalue weighted by molar-refractivity contribution is 0.207. The average Bonchev–Trinajstić information content (AvgIpc) is 2.45. The minimum atomic E-state index is 0.110. The van der Waals surface area contributed by atoms with Crippen LogP contribution >= 0.6 is 0 Å². The van der Waals surface area contributed by atoms with Crippen molar-refractivity contribution in [3.63, 3.8) is 0 Å². The smallest absolute Gasteiger partial charge is 0.161 e. The van der Waals surface area contributed by atoms with Crippen LogP contribution in [0.3, 0.4) is 0 Å². The van der Waals surface area contributed by atoms with Gasteiger partial charge in [-0.2, -0.15) is 0 Å². The molecule has 0 aliphatic rings. The Kier molecular flexibility index (Phi) is 7.91. The number of hydrogen-bond acceptors (Lipinski definition) is 3. The van der Waals surface area contributed by atoms with Crippen LogP contribution in [0.2, 0.25) is 0 Å². The first kappa shape index (κ1) is 17.6. The van der Waals surface area contributed by atoms with E-state index in [2.05, 4.69) is 26.1 Å². The van der Waals surface area contributed by atoms with Gasteiger partial charge in [0.25, 0.3) is 0 Å². The lowest BCUT2D eigenvalue weighted by Gasteiger charge is -2.18. The molecule has 0 bridgehead atoms. The molecule has 1 N–H and O–H groups in total. The molecule has 0 radical (unpaired) electrons. The maximum Gasteiger partial charge on any atom is 0.161 e. The van der Waals surface area contributed by atoms with Crippen molar-refractivity contribution in [1.29, 1.82) is 0 Å². The van der Waals surface area contributed by atoms with Gasteiger partial charge >= 0.3 is 0 Å². The van der Waals surface area contributed by atoms with Crippen molar-refractivity contribution >= 4 is 6.08 Å². The van der Waals surface area contributed by atoms with Crippen LogP contribution in [0.4, 0.5) is 0 Å². The second kappa shape index (κ2) is 9.46. The fraction of sp³-hybridized carbons (Fsp3) is 0.556. The molecule has 0 saturated carbocycles. The minimum Gasteiger partial charge on any atom is -0.493 e. The Labute approximate surface area is 129 Å². The first-order chi connectivity index (χ1) is 10.1. The van der Waals surface area contributed by atoms with E-state index in [1.54, 1.807) is 7.11 Å². The summed E-state index contributed by atoms with van der Waals surface area (Å²) in [6.45, 7) is 10.4. The molecule has 0 spiro atoms. The molecule has 0 saturated heterocycles. The predicted molar refractivity (Wildman–Crippen MR) is 90.1 cm³/mol. The summed E-state index contributed by atoms with van der Waals surface area (Å²) in [4.78, 5) is 0. The van der Waals surface area contributed by atoms with Gasteiger partial charge in [0.2, 0.25) is 0 Å². The van der Waals surface area contributed by atoms with Gasteiger partial charge in [-0.15, -0.1) is 0 Å². The number of methoxy groups -OCH3 is 1. The van der Waals surface area contributed by atoms with Gasteiger partial charge in [0.05, 0.1) is 7.11 Å². The van der Waals surface area contributed by atoms with E-state index >= 15 is 0 Å². The third-order valence-corrected chi connectivity index (χ3v) is 3.21. The summed E-state index contributed by atoms with van der Waals surface area (Å²) in [5.41, 5.74) is 1.12. The third-order valence-electron chi connectivity index (χ3n) is 3.21. The summed E-state index contributed by atoms with van der Waals surface area (Å²) in [6, 6.07) is 6.00. The Morgan fingerprint density at radius 2 is 1.95 bits per heavy atom. The van der Waals surface area contributed by atoms with E-state index in [0.717, 1.165) is 36.1 Å². The Hall–Kier alpha value is -1.48. The Morgan fingerprint density at radius 1 is 1.19 bits per heavy atom. The summed E-state index contributed by atoms with van der Waals surface area (Å²) >= 11 is 0. The molecule has 1 atom stereocenters. The summed E-state index contributed by atoms with van der Waals surface area (Å²) in [5, 5.41) is 3.43. The lowest BCUT2D eigenvalue weighted by atomic mass is 10.1. The number of nitrogens with one attached hydrogen (secondary N) is 1. The normalized spacial score (nSPS) is 12.9. The average molecular weight is 291 g/mol. The first-order valence-corrected chi connectivity index (χ1v) is 7.75. The molecule has 1 aromatic carbocycles. The van der Waals surface area contributed by atoms with Crippen LogP contribution in [0.5, 0.6) is 11.5 Å². The number of ether oxygens (including phenoxy) is 2. The molecule has 1 aromatic rings. The van der Waals surface area contributed by atoms with Crippen molar-refractivity contribution in [1.82, 2.24) is 5.32 Å². The molecule has 1 unspecified atom stereocenters. The van der Waals surface area contributed by atoms with Gasteiger partial charge in [-0.05, 0) is 50.4 Å². The zero-order valence-electron chi connectivity index (χ0n) is 14.0. The molecule has 118 valence electrons. The predicted octanol–water partition coefficient (Wildman–Crippen LogP) is 4.13. The van der Waals surface area contributed by atoms with Crippen molar-refractivity contribution in [2.75, 3.05) is 20.2 Å². The number of benzene rings is 1. The van der Waals surface area contributed by atoms with Gasteiger partial charge in [-0.3, -0.25) is 0 Å². The summed E-state index contributed by atoms with van der Waals surface area (Å²) in [7, 11) is 1.67. The van der Waals surface area contributed by atoms with Gasteiger partial charge in [-0.25, -0.2) is 0 Å². The second-order valence-electron chi connectivity index (χ2n) is 5.73. The number of allylic oxidation sites excluding steroid dienone is 1. The van der Waals surface area contributed by atoms with Gasteiger partial charge in [0.1, 0.15) is 6.10 Å². The third kappa shape index (κ3) is 6.67. The van der Waals surface area contributed by atoms with Crippen LogP contribution in [-0.2, 0) is 0 Å². The molecule has 0 heterocycles. The Morgan fingerprint density at radius 3 is 2.57 bits per heavy atom. The molecule has 0 aliphatic heterocycles. The molecule has 21 heavy (non-hydrogen) atoms. The molecular weight excluding hydrogens is 262 g/mol. The van der Waals surface area contributed by atoms with E-state index < -0.39 is 0 Å². The van der Waals surface area contributed by atoms with Crippen molar-refractivity contribution in [3.05, 3.63) is 29.8 Å². The standard InChI is InChI=1S/C18H29NO2/c1-6-7-16-8-9-17(18(12-16)20-5)21-15(4)13-19-11-10-14(2)3/h6-9,12,14-15,19H,10-11,13H2,1-5H3. The fourth-order valence-electron chi connectivity index (χ4n) is 2.03. The maximum atomic E-state index is 5.96. The van der Waals surface area contributed by atoms with Gasteiger partial charge in [0, 0.05) is 6.54 Å². The van der Waals surface area contributed by atoms with Crippen molar-refractivity contribution in [3.8, 4) is 11.5 Å². The molecule has 0 aromatic heterocycles. The van der Waals surface area contributed by atoms with Crippen LogP contribution in [0, 0.1) is 5.92 Å². The zero-order valence-corrected chi connectivity index (χ0v) is 14.0. The summed E-state index contributed by atoms with van der Waals surface area (Å²) in [6.07, 6.45) is 5.35. The van der Waals surface area contributed by atoms with Gasteiger partial charge in [0.15, 0.2) is 11.5 Å². The molecule has 3 nitrogen and oxygen atoms in total. The van der Waals surface area contributed by atoms with Crippen molar-refractivity contribution in [2.24, 2.45) is 5.92 Å². The molecule has 0 fully saturated rings. The second-order valence-corrected chi connectivity index (χ2v) is 5.73.